The van der Waals surface area contributed by atoms with Crippen LogP contribution in [-0.2, 0) is 11.2 Å². The Morgan fingerprint density at radius 1 is 1.33 bits per heavy atom. The summed E-state index contributed by atoms with van der Waals surface area (Å²) >= 11 is 0. The fourth-order valence-electron chi connectivity index (χ4n) is 2.02. The molecule has 0 saturated heterocycles. The van der Waals surface area contributed by atoms with Gasteiger partial charge in [-0.2, -0.15) is 0 Å². The van der Waals surface area contributed by atoms with Gasteiger partial charge >= 0.3 is 0 Å². The van der Waals surface area contributed by atoms with E-state index in [0.29, 0.717) is 18.9 Å². The second kappa shape index (κ2) is 8.67. The van der Waals surface area contributed by atoms with Crippen LogP contribution in [0.1, 0.15) is 46.1 Å². The Bertz CT molecular complexity index is 458. The number of hydrogen-bond acceptors (Lipinski definition) is 3. The van der Waals surface area contributed by atoms with Crippen molar-refractivity contribution in [1.82, 2.24) is 0 Å². The van der Waals surface area contributed by atoms with Gasteiger partial charge in [-0.15, -0.1) is 0 Å². The minimum absolute atomic E-state index is 0.0186. The van der Waals surface area contributed by atoms with Crippen molar-refractivity contribution in [3.05, 3.63) is 23.8 Å². The molecule has 0 heterocycles. The van der Waals surface area contributed by atoms with Gasteiger partial charge in [0.25, 0.3) is 0 Å². The fourth-order valence-corrected chi connectivity index (χ4v) is 2.02. The van der Waals surface area contributed by atoms with Crippen molar-refractivity contribution in [2.75, 3.05) is 11.9 Å². The van der Waals surface area contributed by atoms with Crippen molar-refractivity contribution in [2.45, 2.75) is 53.0 Å². The molecule has 4 heteroatoms. The van der Waals surface area contributed by atoms with E-state index in [0.717, 1.165) is 29.8 Å². The number of anilines is 1. The van der Waals surface area contributed by atoms with Crippen LogP contribution in [0.3, 0.4) is 0 Å². The van der Waals surface area contributed by atoms with Crippen molar-refractivity contribution >= 4 is 11.6 Å². The van der Waals surface area contributed by atoms with Crippen molar-refractivity contribution < 1.29 is 9.53 Å². The van der Waals surface area contributed by atoms with E-state index < -0.39 is 0 Å². The fraction of sp³-hybridized carbons (Fsp3) is 0.588. The van der Waals surface area contributed by atoms with Crippen LogP contribution in [0.15, 0.2) is 18.2 Å². The summed E-state index contributed by atoms with van der Waals surface area (Å²) in [6.07, 6.45) is 2.16. The highest BCUT2D eigenvalue weighted by Gasteiger charge is 2.12. The molecule has 0 saturated carbocycles. The summed E-state index contributed by atoms with van der Waals surface area (Å²) in [6, 6.07) is 6.01. The highest BCUT2D eigenvalue weighted by molar-refractivity contribution is 5.92. The highest BCUT2D eigenvalue weighted by Crippen LogP contribution is 2.27. The maximum Gasteiger partial charge on any atom is 0.224 e. The predicted octanol–water partition coefficient (Wildman–Crippen LogP) is 3.35. The van der Waals surface area contributed by atoms with Gasteiger partial charge in [-0.1, -0.05) is 26.8 Å². The monoisotopic (exact) mass is 292 g/mol. The molecule has 1 aromatic carbocycles. The van der Waals surface area contributed by atoms with Crippen molar-refractivity contribution in [1.29, 1.82) is 0 Å². The molecule has 0 aliphatic rings. The lowest BCUT2D eigenvalue weighted by Crippen LogP contribution is -2.28. The Kier molecular flexibility index (Phi) is 7.23. The maximum atomic E-state index is 11.7. The average molecular weight is 292 g/mol. The minimum Gasteiger partial charge on any atom is -0.492 e. The smallest absolute Gasteiger partial charge is 0.224 e. The summed E-state index contributed by atoms with van der Waals surface area (Å²) in [5, 5.41) is 2.90. The van der Waals surface area contributed by atoms with E-state index in [1.807, 2.05) is 32.0 Å². The molecule has 1 aromatic rings. The number of carbonyl (C=O) groups is 1. The molecule has 0 aliphatic carbocycles. The van der Waals surface area contributed by atoms with Crippen LogP contribution in [0.2, 0.25) is 0 Å². The molecule has 1 amide bonds. The normalized spacial score (nSPS) is 12.3. The van der Waals surface area contributed by atoms with E-state index in [4.69, 9.17) is 10.5 Å². The van der Waals surface area contributed by atoms with E-state index in [1.54, 1.807) is 0 Å². The quantitative estimate of drug-likeness (QED) is 0.772. The molecule has 0 aliphatic heterocycles. The molecule has 3 N–H and O–H groups in total. The van der Waals surface area contributed by atoms with Crippen LogP contribution in [0.25, 0.3) is 0 Å². The van der Waals surface area contributed by atoms with Crippen LogP contribution in [0.4, 0.5) is 5.69 Å². The number of nitrogens with two attached hydrogens (primary N) is 1. The SMILES string of the molecule is CCCC(=O)Nc1ccc(CC(N)C(C)C)cc1OCC. The van der Waals surface area contributed by atoms with Gasteiger partial charge in [-0.25, -0.2) is 0 Å². The molecular formula is C17H28N2O2. The van der Waals surface area contributed by atoms with Crippen LogP contribution < -0.4 is 15.8 Å². The summed E-state index contributed by atoms with van der Waals surface area (Å²) in [6.45, 7) is 8.72. The summed E-state index contributed by atoms with van der Waals surface area (Å²) in [7, 11) is 0. The summed E-state index contributed by atoms with van der Waals surface area (Å²) in [5.41, 5.74) is 7.99. The summed E-state index contributed by atoms with van der Waals surface area (Å²) in [5.74, 6) is 1.17. The lowest BCUT2D eigenvalue weighted by atomic mass is 9.97. The van der Waals surface area contributed by atoms with E-state index in [2.05, 4.69) is 19.2 Å². The Morgan fingerprint density at radius 3 is 2.62 bits per heavy atom. The first-order valence-corrected chi connectivity index (χ1v) is 7.79. The first-order valence-electron chi connectivity index (χ1n) is 7.79. The Morgan fingerprint density at radius 2 is 2.05 bits per heavy atom. The zero-order valence-electron chi connectivity index (χ0n) is 13.6. The number of carbonyl (C=O) groups excluding carboxylic acids is 1. The number of ether oxygens (including phenoxy) is 1. The van der Waals surface area contributed by atoms with Gasteiger partial charge in [0.1, 0.15) is 5.75 Å². The third-order valence-corrected chi connectivity index (χ3v) is 3.42. The van der Waals surface area contributed by atoms with Gasteiger partial charge in [-0.05, 0) is 43.4 Å². The second-order valence-corrected chi connectivity index (χ2v) is 5.67. The van der Waals surface area contributed by atoms with E-state index >= 15 is 0 Å². The molecule has 21 heavy (non-hydrogen) atoms. The zero-order chi connectivity index (χ0) is 15.8. The molecule has 1 unspecified atom stereocenters. The topological polar surface area (TPSA) is 64.4 Å². The number of benzene rings is 1. The Balaban J connectivity index is 2.88. The van der Waals surface area contributed by atoms with E-state index in [-0.39, 0.29) is 11.9 Å². The third-order valence-electron chi connectivity index (χ3n) is 3.42. The molecule has 0 aromatic heterocycles. The molecule has 0 radical (unpaired) electrons. The first-order chi connectivity index (χ1) is 9.97. The van der Waals surface area contributed by atoms with Crippen molar-refractivity contribution in [2.24, 2.45) is 11.7 Å². The van der Waals surface area contributed by atoms with Crippen LogP contribution in [-0.4, -0.2) is 18.6 Å². The third kappa shape index (κ3) is 5.76. The van der Waals surface area contributed by atoms with Crippen LogP contribution in [0, 0.1) is 5.92 Å². The predicted molar refractivity (Wildman–Crippen MR) is 87.7 cm³/mol. The number of amides is 1. The first kappa shape index (κ1) is 17.5. The molecule has 4 nitrogen and oxygen atoms in total. The molecular weight excluding hydrogens is 264 g/mol. The summed E-state index contributed by atoms with van der Waals surface area (Å²) < 4.78 is 5.64. The zero-order valence-corrected chi connectivity index (χ0v) is 13.6. The Hall–Kier alpha value is -1.55. The van der Waals surface area contributed by atoms with Gasteiger partial charge in [-0.3, -0.25) is 4.79 Å². The van der Waals surface area contributed by atoms with Gasteiger partial charge in [0.05, 0.1) is 12.3 Å². The highest BCUT2D eigenvalue weighted by atomic mass is 16.5. The number of rotatable bonds is 8. The lowest BCUT2D eigenvalue weighted by Gasteiger charge is -2.17. The van der Waals surface area contributed by atoms with Gasteiger partial charge < -0.3 is 15.8 Å². The largest absolute Gasteiger partial charge is 0.492 e. The van der Waals surface area contributed by atoms with E-state index in [1.165, 1.54) is 0 Å². The Labute approximate surface area is 128 Å². The van der Waals surface area contributed by atoms with Crippen molar-refractivity contribution in [3.8, 4) is 5.75 Å². The number of nitrogens with one attached hydrogen (secondary N) is 1. The van der Waals surface area contributed by atoms with Crippen LogP contribution >= 0.6 is 0 Å². The average Bonchev–Trinajstić information content (AvgIpc) is 2.42. The molecule has 1 rings (SSSR count). The van der Waals surface area contributed by atoms with Crippen molar-refractivity contribution in [3.63, 3.8) is 0 Å². The molecule has 0 spiro atoms. The molecule has 0 bridgehead atoms. The maximum absolute atomic E-state index is 11.7. The van der Waals surface area contributed by atoms with Gasteiger partial charge in [0, 0.05) is 12.5 Å². The second-order valence-electron chi connectivity index (χ2n) is 5.67. The minimum atomic E-state index is 0.0186. The molecule has 1 atom stereocenters. The number of hydrogen-bond donors (Lipinski definition) is 2. The van der Waals surface area contributed by atoms with Crippen LogP contribution in [0.5, 0.6) is 5.75 Å². The lowest BCUT2D eigenvalue weighted by molar-refractivity contribution is -0.116. The van der Waals surface area contributed by atoms with Gasteiger partial charge in [0.2, 0.25) is 5.91 Å². The standard InChI is InChI=1S/C17H28N2O2/c1-5-7-17(20)19-15-9-8-13(10-14(18)12(3)4)11-16(15)21-6-2/h8-9,11-12,14H,5-7,10,18H2,1-4H3,(H,19,20). The molecule has 0 fully saturated rings. The summed E-state index contributed by atoms with van der Waals surface area (Å²) in [4.78, 5) is 11.7. The van der Waals surface area contributed by atoms with Gasteiger partial charge in [0.15, 0.2) is 0 Å². The molecule has 118 valence electrons. The van der Waals surface area contributed by atoms with E-state index in [9.17, 15) is 4.79 Å².